The lowest BCUT2D eigenvalue weighted by Crippen LogP contribution is -2.21. The Morgan fingerprint density at radius 1 is 1.18 bits per heavy atom. The molecule has 1 aromatic rings. The third kappa shape index (κ3) is 2.60. The average Bonchev–Trinajstić information content (AvgIpc) is 2.53. The Hall–Kier alpha value is -0.280. The summed E-state index contributed by atoms with van der Waals surface area (Å²) >= 11 is 12.4. The maximum absolute atomic E-state index is 6.20. The van der Waals surface area contributed by atoms with Crippen LogP contribution in [-0.2, 0) is 9.47 Å². The van der Waals surface area contributed by atoms with E-state index in [-0.39, 0.29) is 12.2 Å². The van der Waals surface area contributed by atoms with Crippen molar-refractivity contribution in [3.63, 3.8) is 0 Å². The number of hydrogen-bond acceptors (Lipinski definition) is 2. The zero-order valence-electron chi connectivity index (χ0n) is 10.2. The van der Waals surface area contributed by atoms with Crippen molar-refractivity contribution in [3.05, 3.63) is 33.8 Å². The van der Waals surface area contributed by atoms with E-state index in [4.69, 9.17) is 32.7 Å². The third-order valence-electron chi connectivity index (χ3n) is 2.87. The van der Waals surface area contributed by atoms with Crippen molar-refractivity contribution < 1.29 is 9.47 Å². The summed E-state index contributed by atoms with van der Waals surface area (Å²) in [5, 5.41) is 1.25. The predicted octanol–water partition coefficient (Wildman–Crippen LogP) is 4.60. The highest BCUT2D eigenvalue weighted by Gasteiger charge is 2.42. The van der Waals surface area contributed by atoms with E-state index in [1.807, 2.05) is 32.0 Å². The van der Waals surface area contributed by atoms with Gasteiger partial charge in [-0.15, -0.1) is 0 Å². The summed E-state index contributed by atoms with van der Waals surface area (Å²) in [5.41, 5.74) is 0.827. The Kier molecular flexibility index (Phi) is 3.69. The predicted molar refractivity (Wildman–Crippen MR) is 69.5 cm³/mol. The highest BCUT2D eigenvalue weighted by molar-refractivity contribution is 6.36. The van der Waals surface area contributed by atoms with Crippen LogP contribution < -0.4 is 0 Å². The second-order valence-corrected chi connectivity index (χ2v) is 5.45. The van der Waals surface area contributed by atoms with E-state index < -0.39 is 5.79 Å². The van der Waals surface area contributed by atoms with Crippen LogP contribution in [0.4, 0.5) is 0 Å². The topological polar surface area (TPSA) is 18.5 Å². The molecule has 0 aromatic heterocycles. The molecule has 1 saturated heterocycles. The Morgan fingerprint density at radius 3 is 2.29 bits per heavy atom. The van der Waals surface area contributed by atoms with Crippen molar-refractivity contribution in [2.24, 2.45) is 0 Å². The highest BCUT2D eigenvalue weighted by Crippen LogP contribution is 2.44. The van der Waals surface area contributed by atoms with E-state index in [1.165, 1.54) is 0 Å². The minimum atomic E-state index is -0.589. The molecule has 0 unspecified atom stereocenters. The summed E-state index contributed by atoms with van der Waals surface area (Å²) in [5.74, 6) is -0.589. The Labute approximate surface area is 112 Å². The van der Waals surface area contributed by atoms with Gasteiger partial charge in [0.15, 0.2) is 5.79 Å². The van der Waals surface area contributed by atoms with Crippen molar-refractivity contribution in [2.75, 3.05) is 0 Å². The van der Waals surface area contributed by atoms with Gasteiger partial charge in [0.2, 0.25) is 0 Å². The molecule has 1 aliphatic heterocycles. The van der Waals surface area contributed by atoms with Gasteiger partial charge < -0.3 is 9.47 Å². The van der Waals surface area contributed by atoms with Gasteiger partial charge in [0.1, 0.15) is 6.10 Å². The molecule has 17 heavy (non-hydrogen) atoms. The molecule has 4 heteroatoms. The maximum Gasteiger partial charge on any atom is 0.164 e. The van der Waals surface area contributed by atoms with Crippen LogP contribution in [0, 0.1) is 0 Å². The summed E-state index contributed by atoms with van der Waals surface area (Å²) in [6.07, 6.45) is 0.647. The Bertz CT molecular complexity index is 398. The molecule has 1 fully saturated rings. The van der Waals surface area contributed by atoms with Crippen molar-refractivity contribution in [2.45, 2.75) is 45.2 Å². The fourth-order valence-corrected chi connectivity index (χ4v) is 2.77. The van der Waals surface area contributed by atoms with Gasteiger partial charge in [-0.1, -0.05) is 36.2 Å². The summed E-state index contributed by atoms with van der Waals surface area (Å²) in [6, 6.07) is 5.48. The van der Waals surface area contributed by atoms with Gasteiger partial charge in [0.25, 0.3) is 0 Å². The minimum Gasteiger partial charge on any atom is -0.344 e. The lowest BCUT2D eigenvalue weighted by Gasteiger charge is -2.19. The zero-order valence-corrected chi connectivity index (χ0v) is 11.7. The number of halogens is 2. The van der Waals surface area contributed by atoms with Gasteiger partial charge in [-0.2, -0.15) is 0 Å². The van der Waals surface area contributed by atoms with Gasteiger partial charge >= 0.3 is 0 Å². The fraction of sp³-hybridized carbons (Fsp3) is 0.538. The molecule has 0 saturated carbocycles. The molecule has 0 spiro atoms. The van der Waals surface area contributed by atoms with Crippen LogP contribution in [0.25, 0.3) is 0 Å². The van der Waals surface area contributed by atoms with Crippen molar-refractivity contribution in [1.82, 2.24) is 0 Å². The first-order valence-electron chi connectivity index (χ1n) is 5.74. The quantitative estimate of drug-likeness (QED) is 0.785. The van der Waals surface area contributed by atoms with Gasteiger partial charge in [0, 0.05) is 15.6 Å². The average molecular weight is 275 g/mol. The van der Waals surface area contributed by atoms with E-state index in [1.54, 1.807) is 0 Å². The van der Waals surface area contributed by atoms with E-state index in [0.29, 0.717) is 10.0 Å². The van der Waals surface area contributed by atoms with Crippen LogP contribution in [-0.4, -0.2) is 11.9 Å². The second-order valence-electron chi connectivity index (χ2n) is 4.64. The second kappa shape index (κ2) is 4.77. The molecule has 2 nitrogen and oxygen atoms in total. The normalized spacial score (nSPS) is 27.4. The molecule has 1 aromatic carbocycles. The van der Waals surface area contributed by atoms with Crippen LogP contribution in [0.2, 0.25) is 10.0 Å². The molecule has 0 N–H and O–H groups in total. The number of rotatable bonds is 2. The Balaban J connectivity index is 2.39. The van der Waals surface area contributed by atoms with Crippen LogP contribution in [0.5, 0.6) is 0 Å². The van der Waals surface area contributed by atoms with E-state index in [2.05, 4.69) is 6.92 Å². The standard InChI is InChI=1S/C13H16Cl2O2/c1-4-10-12(17-13(2,3)16-10)11-8(14)6-5-7-9(11)15/h5-7,10,12H,4H2,1-3H3/t10-,12-/m0/s1. The number of ether oxygens (including phenoxy) is 2. The summed E-state index contributed by atoms with van der Waals surface area (Å²) < 4.78 is 11.7. The van der Waals surface area contributed by atoms with Crippen LogP contribution in [0.15, 0.2) is 18.2 Å². The molecular formula is C13H16Cl2O2. The smallest absolute Gasteiger partial charge is 0.164 e. The molecular weight excluding hydrogens is 259 g/mol. The van der Waals surface area contributed by atoms with E-state index in [0.717, 1.165) is 12.0 Å². The molecule has 1 aliphatic rings. The van der Waals surface area contributed by atoms with Crippen molar-refractivity contribution >= 4 is 23.2 Å². The number of hydrogen-bond donors (Lipinski definition) is 0. The van der Waals surface area contributed by atoms with E-state index in [9.17, 15) is 0 Å². The van der Waals surface area contributed by atoms with Gasteiger partial charge in [0.05, 0.1) is 6.10 Å². The lowest BCUT2D eigenvalue weighted by atomic mass is 10.0. The molecule has 2 atom stereocenters. The largest absolute Gasteiger partial charge is 0.344 e. The molecule has 0 amide bonds. The summed E-state index contributed by atoms with van der Waals surface area (Å²) in [4.78, 5) is 0. The molecule has 94 valence electrons. The minimum absolute atomic E-state index is 0.0117. The molecule has 0 bridgehead atoms. The first kappa shape index (κ1) is 13.2. The van der Waals surface area contributed by atoms with Crippen molar-refractivity contribution in [3.8, 4) is 0 Å². The molecule has 1 heterocycles. The molecule has 2 rings (SSSR count). The molecule has 0 radical (unpaired) electrons. The van der Waals surface area contributed by atoms with Gasteiger partial charge in [-0.3, -0.25) is 0 Å². The monoisotopic (exact) mass is 274 g/mol. The lowest BCUT2D eigenvalue weighted by molar-refractivity contribution is -0.146. The highest BCUT2D eigenvalue weighted by atomic mass is 35.5. The summed E-state index contributed by atoms with van der Waals surface area (Å²) in [7, 11) is 0. The fourth-order valence-electron chi connectivity index (χ4n) is 2.16. The SMILES string of the molecule is CC[C@@H]1OC(C)(C)O[C@@H]1c1c(Cl)cccc1Cl. The van der Waals surface area contributed by atoms with E-state index >= 15 is 0 Å². The van der Waals surface area contributed by atoms with Crippen molar-refractivity contribution in [1.29, 1.82) is 0 Å². The van der Waals surface area contributed by atoms with Crippen LogP contribution in [0.3, 0.4) is 0 Å². The zero-order chi connectivity index (χ0) is 12.6. The van der Waals surface area contributed by atoms with Crippen LogP contribution in [0.1, 0.15) is 38.9 Å². The molecule has 0 aliphatic carbocycles. The van der Waals surface area contributed by atoms with Gasteiger partial charge in [-0.25, -0.2) is 0 Å². The number of benzene rings is 1. The third-order valence-corrected chi connectivity index (χ3v) is 3.53. The Morgan fingerprint density at radius 2 is 1.76 bits per heavy atom. The van der Waals surface area contributed by atoms with Gasteiger partial charge in [-0.05, 0) is 32.4 Å². The first-order chi connectivity index (χ1) is 7.94. The first-order valence-corrected chi connectivity index (χ1v) is 6.49. The van der Waals surface area contributed by atoms with Crippen LogP contribution >= 0.6 is 23.2 Å². The maximum atomic E-state index is 6.20. The summed E-state index contributed by atoms with van der Waals surface area (Å²) in [6.45, 7) is 5.87.